The van der Waals surface area contributed by atoms with Gasteiger partial charge in [-0.3, -0.25) is 0 Å². The summed E-state index contributed by atoms with van der Waals surface area (Å²) in [6.07, 6.45) is 0.0387. The van der Waals surface area contributed by atoms with Gasteiger partial charge in [0.1, 0.15) is 11.1 Å². The van der Waals surface area contributed by atoms with Crippen LogP contribution in [0, 0.1) is 0 Å². The van der Waals surface area contributed by atoms with Crippen LogP contribution in [0.3, 0.4) is 0 Å². The minimum absolute atomic E-state index is 0.0387. The van der Waals surface area contributed by atoms with Crippen molar-refractivity contribution in [2.75, 3.05) is 24.7 Å². The lowest BCUT2D eigenvalue weighted by Gasteiger charge is -2.22. The van der Waals surface area contributed by atoms with E-state index in [9.17, 15) is 5.11 Å². The SMILES string of the molecule is CCOC(C)c1nc(CN(CCO)c2ccccc2)cs1. The molecule has 0 radical (unpaired) electrons. The van der Waals surface area contributed by atoms with Gasteiger partial charge in [-0.2, -0.15) is 0 Å². The van der Waals surface area contributed by atoms with Crippen molar-refractivity contribution >= 4 is 17.0 Å². The molecule has 0 fully saturated rings. The minimum atomic E-state index is 0.0387. The standard InChI is InChI=1S/C16H22N2O2S/c1-3-20-13(2)16-17-14(12-21-16)11-18(9-10-19)15-7-5-4-6-8-15/h4-8,12-13,19H,3,9-11H2,1-2H3. The topological polar surface area (TPSA) is 45.6 Å². The van der Waals surface area contributed by atoms with Crippen molar-refractivity contribution in [1.82, 2.24) is 4.98 Å². The number of hydrogen-bond donors (Lipinski definition) is 1. The fraction of sp³-hybridized carbons (Fsp3) is 0.438. The molecule has 4 nitrogen and oxygen atoms in total. The molecule has 0 aliphatic heterocycles. The second-order valence-corrected chi connectivity index (χ2v) is 5.65. The van der Waals surface area contributed by atoms with Crippen LogP contribution in [0.25, 0.3) is 0 Å². The first-order valence-corrected chi connectivity index (χ1v) is 8.09. The molecule has 2 rings (SSSR count). The number of aliphatic hydroxyl groups is 1. The molecule has 0 aliphatic carbocycles. The number of anilines is 1. The highest BCUT2D eigenvalue weighted by molar-refractivity contribution is 7.09. The summed E-state index contributed by atoms with van der Waals surface area (Å²) in [5.74, 6) is 0. The predicted octanol–water partition coefficient (Wildman–Crippen LogP) is 3.24. The van der Waals surface area contributed by atoms with Gasteiger partial charge in [-0.05, 0) is 26.0 Å². The average molecular weight is 306 g/mol. The molecule has 0 amide bonds. The summed E-state index contributed by atoms with van der Waals surface area (Å²) in [4.78, 5) is 6.78. The van der Waals surface area contributed by atoms with Crippen molar-refractivity contribution in [3.8, 4) is 0 Å². The van der Waals surface area contributed by atoms with Gasteiger partial charge in [0.25, 0.3) is 0 Å². The Morgan fingerprint density at radius 2 is 2.10 bits per heavy atom. The van der Waals surface area contributed by atoms with E-state index in [0.29, 0.717) is 19.7 Å². The Bertz CT molecular complexity index is 530. The molecule has 1 heterocycles. The molecule has 0 bridgehead atoms. The molecule has 2 aromatic rings. The Balaban J connectivity index is 2.07. The van der Waals surface area contributed by atoms with Crippen molar-refractivity contribution in [1.29, 1.82) is 0 Å². The van der Waals surface area contributed by atoms with E-state index in [1.165, 1.54) is 0 Å². The van der Waals surface area contributed by atoms with Crippen molar-refractivity contribution in [2.24, 2.45) is 0 Å². The van der Waals surface area contributed by atoms with Crippen LogP contribution in [0.2, 0.25) is 0 Å². The maximum atomic E-state index is 9.26. The lowest BCUT2D eigenvalue weighted by atomic mass is 10.2. The monoisotopic (exact) mass is 306 g/mol. The second-order valence-electron chi connectivity index (χ2n) is 4.76. The van der Waals surface area contributed by atoms with Gasteiger partial charge in [-0.15, -0.1) is 11.3 Å². The number of para-hydroxylation sites is 1. The summed E-state index contributed by atoms with van der Waals surface area (Å²) >= 11 is 1.63. The average Bonchev–Trinajstić information content (AvgIpc) is 2.97. The zero-order chi connectivity index (χ0) is 15.1. The van der Waals surface area contributed by atoms with E-state index < -0.39 is 0 Å². The zero-order valence-corrected chi connectivity index (χ0v) is 13.3. The number of nitrogens with zero attached hydrogens (tertiary/aromatic N) is 2. The summed E-state index contributed by atoms with van der Waals surface area (Å²) in [5.41, 5.74) is 2.11. The van der Waals surface area contributed by atoms with Crippen molar-refractivity contribution in [3.63, 3.8) is 0 Å². The molecular formula is C16H22N2O2S. The van der Waals surface area contributed by atoms with E-state index >= 15 is 0 Å². The molecule has 21 heavy (non-hydrogen) atoms. The molecule has 1 N–H and O–H groups in total. The third-order valence-corrected chi connectivity index (χ3v) is 4.23. The number of thiazole rings is 1. The van der Waals surface area contributed by atoms with Crippen LogP contribution in [0.1, 0.15) is 30.7 Å². The van der Waals surface area contributed by atoms with Gasteiger partial charge in [0.05, 0.1) is 18.8 Å². The van der Waals surface area contributed by atoms with Crippen molar-refractivity contribution in [3.05, 3.63) is 46.4 Å². The Hall–Kier alpha value is -1.43. The van der Waals surface area contributed by atoms with Gasteiger partial charge in [-0.25, -0.2) is 4.98 Å². The van der Waals surface area contributed by atoms with Crippen LogP contribution in [-0.4, -0.2) is 29.8 Å². The Morgan fingerprint density at radius 3 is 2.76 bits per heavy atom. The molecule has 0 spiro atoms. The zero-order valence-electron chi connectivity index (χ0n) is 12.5. The Morgan fingerprint density at radius 1 is 1.33 bits per heavy atom. The fourth-order valence-electron chi connectivity index (χ4n) is 2.16. The molecule has 0 saturated heterocycles. The third kappa shape index (κ3) is 4.52. The van der Waals surface area contributed by atoms with Crippen LogP contribution < -0.4 is 4.90 Å². The second kappa shape index (κ2) is 8.12. The number of aromatic nitrogens is 1. The lowest BCUT2D eigenvalue weighted by molar-refractivity contribution is 0.0761. The summed E-state index contributed by atoms with van der Waals surface area (Å²) in [6, 6.07) is 10.1. The molecular weight excluding hydrogens is 284 g/mol. The predicted molar refractivity (Wildman–Crippen MR) is 86.7 cm³/mol. The quantitative estimate of drug-likeness (QED) is 0.813. The molecule has 0 aliphatic rings. The lowest BCUT2D eigenvalue weighted by Crippen LogP contribution is -2.26. The van der Waals surface area contributed by atoms with Crippen LogP contribution in [-0.2, 0) is 11.3 Å². The van der Waals surface area contributed by atoms with Gasteiger partial charge < -0.3 is 14.7 Å². The number of aliphatic hydroxyl groups excluding tert-OH is 1. The highest BCUT2D eigenvalue weighted by atomic mass is 32.1. The van der Waals surface area contributed by atoms with E-state index in [0.717, 1.165) is 16.4 Å². The first-order valence-electron chi connectivity index (χ1n) is 7.21. The molecule has 1 aromatic heterocycles. The van der Waals surface area contributed by atoms with E-state index in [-0.39, 0.29) is 12.7 Å². The van der Waals surface area contributed by atoms with Crippen molar-refractivity contribution in [2.45, 2.75) is 26.5 Å². The Kier molecular flexibility index (Phi) is 6.17. The third-order valence-electron chi connectivity index (χ3n) is 3.18. The van der Waals surface area contributed by atoms with Crippen LogP contribution in [0.15, 0.2) is 35.7 Å². The van der Waals surface area contributed by atoms with Gasteiger partial charge in [0.2, 0.25) is 0 Å². The van der Waals surface area contributed by atoms with E-state index in [1.54, 1.807) is 11.3 Å². The highest BCUT2D eigenvalue weighted by Crippen LogP contribution is 2.23. The largest absolute Gasteiger partial charge is 0.395 e. The van der Waals surface area contributed by atoms with Crippen LogP contribution in [0.5, 0.6) is 0 Å². The molecule has 1 atom stereocenters. The van der Waals surface area contributed by atoms with E-state index in [2.05, 4.69) is 15.3 Å². The van der Waals surface area contributed by atoms with Crippen LogP contribution >= 0.6 is 11.3 Å². The summed E-state index contributed by atoms with van der Waals surface area (Å²) in [5, 5.41) is 12.3. The van der Waals surface area contributed by atoms with Crippen molar-refractivity contribution < 1.29 is 9.84 Å². The molecule has 1 unspecified atom stereocenters. The number of rotatable bonds is 8. The van der Waals surface area contributed by atoms with Gasteiger partial charge in [-0.1, -0.05) is 18.2 Å². The summed E-state index contributed by atoms with van der Waals surface area (Å²) < 4.78 is 5.57. The summed E-state index contributed by atoms with van der Waals surface area (Å²) in [7, 11) is 0. The van der Waals surface area contributed by atoms with E-state index in [4.69, 9.17) is 4.74 Å². The van der Waals surface area contributed by atoms with Crippen LogP contribution in [0.4, 0.5) is 5.69 Å². The minimum Gasteiger partial charge on any atom is -0.395 e. The fourth-order valence-corrected chi connectivity index (χ4v) is 2.97. The maximum Gasteiger partial charge on any atom is 0.122 e. The smallest absolute Gasteiger partial charge is 0.122 e. The van der Waals surface area contributed by atoms with Gasteiger partial charge in [0.15, 0.2) is 0 Å². The first-order chi connectivity index (χ1) is 10.2. The molecule has 114 valence electrons. The van der Waals surface area contributed by atoms with E-state index in [1.807, 2.05) is 44.2 Å². The first kappa shape index (κ1) is 15.9. The molecule has 1 aromatic carbocycles. The Labute approximate surface area is 130 Å². The number of hydrogen-bond acceptors (Lipinski definition) is 5. The van der Waals surface area contributed by atoms with Gasteiger partial charge in [0, 0.05) is 24.2 Å². The van der Waals surface area contributed by atoms with Gasteiger partial charge >= 0.3 is 0 Å². The number of benzene rings is 1. The maximum absolute atomic E-state index is 9.26. The highest BCUT2D eigenvalue weighted by Gasteiger charge is 2.13. The molecule has 5 heteroatoms. The summed E-state index contributed by atoms with van der Waals surface area (Å²) in [6.45, 7) is 6.12. The normalized spacial score (nSPS) is 12.3. The number of ether oxygens (including phenoxy) is 1. The molecule has 0 saturated carbocycles.